The van der Waals surface area contributed by atoms with Gasteiger partial charge in [0.1, 0.15) is 28.8 Å². The van der Waals surface area contributed by atoms with E-state index in [0.717, 1.165) is 11.6 Å². The summed E-state index contributed by atoms with van der Waals surface area (Å²) in [4.78, 5) is 27.7. The Morgan fingerprint density at radius 1 is 1.10 bits per heavy atom. The Kier molecular flexibility index (Phi) is 6.29. The van der Waals surface area contributed by atoms with Crippen LogP contribution in [-0.2, 0) is 26.2 Å². The molecule has 15 heteroatoms. The summed E-state index contributed by atoms with van der Waals surface area (Å²) in [5.74, 6) is 0.752. The summed E-state index contributed by atoms with van der Waals surface area (Å²) in [7, 11) is -3.47. The zero-order valence-corrected chi connectivity index (χ0v) is 23.5. The number of carbonyl (C=O) groups excluding carboxylic acids is 1. The Bertz CT molecular complexity index is 1540. The van der Waals surface area contributed by atoms with E-state index in [1.165, 1.54) is 13.3 Å². The van der Waals surface area contributed by atoms with Gasteiger partial charge < -0.3 is 14.7 Å². The zero-order valence-electron chi connectivity index (χ0n) is 22.7. The van der Waals surface area contributed by atoms with Gasteiger partial charge in [-0.1, -0.05) is 13.8 Å². The molecule has 214 valence electrons. The molecule has 2 fully saturated rings. The first-order valence-corrected chi connectivity index (χ1v) is 14.4. The average molecular weight is 579 g/mol. The van der Waals surface area contributed by atoms with Crippen molar-refractivity contribution in [2.24, 2.45) is 0 Å². The summed E-state index contributed by atoms with van der Waals surface area (Å²) in [6.07, 6.45) is -3.15. The highest BCUT2D eigenvalue weighted by Gasteiger charge is 2.57. The Morgan fingerprint density at radius 3 is 2.35 bits per heavy atom. The third-order valence-corrected chi connectivity index (χ3v) is 10.7. The van der Waals surface area contributed by atoms with Gasteiger partial charge in [0.2, 0.25) is 5.91 Å². The number of aromatic nitrogens is 4. The smallest absolute Gasteiger partial charge is 0.350 e. The molecule has 0 radical (unpaired) electrons. The summed E-state index contributed by atoms with van der Waals surface area (Å²) in [5.41, 5.74) is -1.79. The molecule has 0 aliphatic carbocycles. The monoisotopic (exact) mass is 578 g/mol. The van der Waals surface area contributed by atoms with Crippen LogP contribution in [0.1, 0.15) is 57.9 Å². The minimum atomic E-state index is -4.81. The number of amides is 1. The zero-order chi connectivity index (χ0) is 29.4. The summed E-state index contributed by atoms with van der Waals surface area (Å²) >= 11 is 0. The van der Waals surface area contributed by atoms with Crippen molar-refractivity contribution in [3.05, 3.63) is 29.2 Å². The lowest BCUT2D eigenvalue weighted by Crippen LogP contribution is -2.66. The minimum absolute atomic E-state index is 0.0109. The predicted molar refractivity (Wildman–Crippen MR) is 139 cm³/mol. The molecule has 0 aromatic carbocycles. The molecule has 3 aliphatic heterocycles. The number of halogens is 3. The predicted octanol–water partition coefficient (Wildman–Crippen LogP) is 2.59. The lowest BCUT2D eigenvalue weighted by molar-refractivity contribution is -0.142. The van der Waals surface area contributed by atoms with Crippen molar-refractivity contribution < 1.29 is 26.4 Å². The highest BCUT2D eigenvalue weighted by molar-refractivity contribution is 7.95. The van der Waals surface area contributed by atoms with Crippen LogP contribution in [-0.4, -0.2) is 81.6 Å². The lowest BCUT2D eigenvalue weighted by atomic mass is 9.87. The maximum absolute atomic E-state index is 13.3. The van der Waals surface area contributed by atoms with Gasteiger partial charge in [0.05, 0.1) is 11.3 Å². The molecule has 2 aromatic heterocycles. The fourth-order valence-electron chi connectivity index (χ4n) is 5.77. The Balaban J connectivity index is 1.48. The normalized spacial score (nSPS) is 27.1. The van der Waals surface area contributed by atoms with Crippen molar-refractivity contribution >= 4 is 33.2 Å². The molecular weight excluding hydrogens is 549 g/mol. The van der Waals surface area contributed by atoms with Crippen LogP contribution < -0.4 is 9.80 Å². The maximum Gasteiger partial charge on any atom is 0.436 e. The highest BCUT2D eigenvalue weighted by Crippen LogP contribution is 2.47. The third-order valence-electron chi connectivity index (χ3n) is 8.25. The van der Waals surface area contributed by atoms with Crippen LogP contribution in [0.25, 0.3) is 0 Å². The van der Waals surface area contributed by atoms with E-state index < -0.39 is 37.4 Å². The summed E-state index contributed by atoms with van der Waals surface area (Å²) < 4.78 is 63.3. The van der Waals surface area contributed by atoms with E-state index in [9.17, 15) is 31.6 Å². The van der Waals surface area contributed by atoms with Crippen molar-refractivity contribution in [2.45, 2.75) is 69.5 Å². The van der Waals surface area contributed by atoms with Crippen LogP contribution in [0.4, 0.5) is 30.6 Å². The van der Waals surface area contributed by atoms with Gasteiger partial charge in [-0.05, 0) is 27.2 Å². The first-order chi connectivity index (χ1) is 18.5. The van der Waals surface area contributed by atoms with Gasteiger partial charge in [-0.15, -0.1) is 10.2 Å². The number of rotatable bonds is 3. The molecular formula is C25H29F3N8O3S. The van der Waals surface area contributed by atoms with Crippen LogP contribution in [0.3, 0.4) is 0 Å². The highest BCUT2D eigenvalue weighted by atomic mass is 32.2. The molecule has 0 spiro atoms. The maximum atomic E-state index is 13.3. The van der Waals surface area contributed by atoms with Crippen LogP contribution in [0.5, 0.6) is 0 Å². The molecule has 2 saturated heterocycles. The molecule has 0 saturated carbocycles. The van der Waals surface area contributed by atoms with Crippen LogP contribution in [0.2, 0.25) is 0 Å². The Hall–Kier alpha value is -3.54. The topological polar surface area (TPSA) is 136 Å². The number of piperazine rings is 1. The number of anilines is 3. The summed E-state index contributed by atoms with van der Waals surface area (Å²) in [5, 5.41) is 16.4. The number of alkyl halides is 3. The molecule has 3 aliphatic rings. The van der Waals surface area contributed by atoms with E-state index >= 15 is 0 Å². The summed E-state index contributed by atoms with van der Waals surface area (Å²) in [6.45, 7) is 10.2. The van der Waals surface area contributed by atoms with Crippen LogP contribution >= 0.6 is 0 Å². The van der Waals surface area contributed by atoms with E-state index in [-0.39, 0.29) is 29.6 Å². The number of nitriles is 1. The number of carbonyl (C=O) groups is 1. The van der Waals surface area contributed by atoms with Gasteiger partial charge in [0.15, 0.2) is 21.3 Å². The molecule has 0 N–H and O–H groups in total. The summed E-state index contributed by atoms with van der Waals surface area (Å²) in [6, 6.07) is 2.10. The van der Waals surface area contributed by atoms with Gasteiger partial charge in [0, 0.05) is 48.8 Å². The van der Waals surface area contributed by atoms with Gasteiger partial charge in [0.25, 0.3) is 0 Å². The lowest BCUT2D eigenvalue weighted by Gasteiger charge is -2.49. The van der Waals surface area contributed by atoms with Gasteiger partial charge in [-0.2, -0.15) is 18.4 Å². The van der Waals surface area contributed by atoms with E-state index in [4.69, 9.17) is 0 Å². The first-order valence-electron chi connectivity index (χ1n) is 12.8. The number of hydrogen-bond donors (Lipinski definition) is 0. The van der Waals surface area contributed by atoms with E-state index in [0.29, 0.717) is 37.7 Å². The number of nitrogens with zero attached hydrogens (tertiary/aromatic N) is 8. The average Bonchev–Trinajstić information content (AvgIpc) is 3.18. The second-order valence-electron chi connectivity index (χ2n) is 11.5. The quantitative estimate of drug-likeness (QED) is 0.535. The third kappa shape index (κ3) is 4.15. The van der Waals surface area contributed by atoms with E-state index in [2.05, 4.69) is 25.1 Å². The van der Waals surface area contributed by atoms with Crippen molar-refractivity contribution in [2.75, 3.05) is 35.2 Å². The molecule has 2 aromatic rings. The minimum Gasteiger partial charge on any atom is -0.350 e. The number of sulfone groups is 1. The molecule has 0 bridgehead atoms. The van der Waals surface area contributed by atoms with Gasteiger partial charge in [-0.25, -0.2) is 18.4 Å². The molecule has 5 heterocycles. The molecule has 40 heavy (non-hydrogen) atoms. The molecule has 0 unspecified atom stereocenters. The van der Waals surface area contributed by atoms with Crippen molar-refractivity contribution in [1.82, 2.24) is 25.1 Å². The van der Waals surface area contributed by atoms with Gasteiger partial charge in [-0.3, -0.25) is 4.79 Å². The van der Waals surface area contributed by atoms with Crippen molar-refractivity contribution in [3.63, 3.8) is 0 Å². The van der Waals surface area contributed by atoms with Crippen LogP contribution in [0, 0.1) is 11.3 Å². The molecule has 11 nitrogen and oxygen atoms in total. The SMILES string of the molecule is C[C@@H]1CN(c2ncnc3c2C(C)(C)CN3c2cc(C#N)c(C(F)(F)F)nn2)[C@@H](C)CN1C(=O)[C@@]1(C)CCS1(=O)=O. The van der Waals surface area contributed by atoms with Crippen molar-refractivity contribution in [3.8, 4) is 6.07 Å². The standard InChI is InChI=1S/C25H29F3N8O3S/c1-14-11-35(22(37)24(5)6-7-40(24,38)39)15(2)10-34(14)20-18-21(31-13-30-20)36(12-23(18,3)4)17-8-16(9-29)19(33-32-17)25(26,27)28/h8,13-15H,6-7,10-12H2,1-5H3/t14-,15+,24+/m0/s1. The van der Waals surface area contributed by atoms with Gasteiger partial charge >= 0.3 is 6.18 Å². The van der Waals surface area contributed by atoms with E-state index in [1.807, 2.05) is 27.7 Å². The molecule has 1 amide bonds. The molecule has 5 rings (SSSR count). The fraction of sp³-hybridized carbons (Fsp3) is 0.600. The first kappa shape index (κ1) is 28.0. The largest absolute Gasteiger partial charge is 0.436 e. The number of hydrogen-bond acceptors (Lipinski definition) is 10. The second-order valence-corrected chi connectivity index (χ2v) is 14.1. The Labute approximate surface area is 229 Å². The molecule has 3 atom stereocenters. The fourth-order valence-corrected chi connectivity index (χ4v) is 7.30. The van der Waals surface area contributed by atoms with Crippen LogP contribution in [0.15, 0.2) is 12.4 Å². The van der Waals surface area contributed by atoms with E-state index in [1.54, 1.807) is 15.9 Å². The van der Waals surface area contributed by atoms with Crippen molar-refractivity contribution in [1.29, 1.82) is 5.26 Å². The Morgan fingerprint density at radius 2 is 1.77 bits per heavy atom. The number of fused-ring (bicyclic) bond motifs is 1. The second kappa shape index (κ2) is 8.98.